The van der Waals surface area contributed by atoms with E-state index in [1.165, 1.54) is 0 Å². The topological polar surface area (TPSA) is 12.9 Å². The molecule has 3 heteroatoms. The molecule has 0 fully saturated rings. The van der Waals surface area contributed by atoms with Crippen LogP contribution >= 0.6 is 23.2 Å². The average Bonchev–Trinajstić information content (AvgIpc) is 2.01. The number of allylic oxidation sites excluding steroid dienone is 1. The lowest BCUT2D eigenvalue weighted by atomic mass is 10.3. The maximum atomic E-state index is 5.65. The first-order valence-electron chi connectivity index (χ1n) is 3.18. The van der Waals surface area contributed by atoms with Gasteiger partial charge >= 0.3 is 0 Å². The molecule has 0 N–H and O–H groups in total. The van der Waals surface area contributed by atoms with Crippen molar-refractivity contribution < 1.29 is 0 Å². The zero-order valence-electron chi connectivity index (χ0n) is 5.80. The van der Waals surface area contributed by atoms with E-state index in [-0.39, 0.29) is 0 Å². The van der Waals surface area contributed by atoms with E-state index < -0.39 is 0 Å². The van der Waals surface area contributed by atoms with Gasteiger partial charge in [-0.05, 0) is 18.2 Å². The lowest BCUT2D eigenvalue weighted by molar-refractivity contribution is 1.29. The van der Waals surface area contributed by atoms with Crippen LogP contribution < -0.4 is 0 Å². The van der Waals surface area contributed by atoms with E-state index in [9.17, 15) is 0 Å². The lowest BCUT2D eigenvalue weighted by Crippen LogP contribution is -1.79. The van der Waals surface area contributed by atoms with Crippen LogP contribution in [0.25, 0.3) is 6.08 Å². The van der Waals surface area contributed by atoms with Crippen LogP contribution in [0.1, 0.15) is 5.69 Å². The Morgan fingerprint density at radius 2 is 2.27 bits per heavy atom. The Bertz CT molecular complexity index is 258. The van der Waals surface area contributed by atoms with Gasteiger partial charge in [-0.15, -0.1) is 11.6 Å². The molecule has 0 aliphatic heterocycles. The third-order valence-corrected chi connectivity index (χ3v) is 1.50. The molecule has 0 amide bonds. The quantitative estimate of drug-likeness (QED) is 0.513. The summed E-state index contributed by atoms with van der Waals surface area (Å²) in [4.78, 5) is 4.03. The number of rotatable bonds is 2. The number of nitrogens with zero attached hydrogens (tertiary/aromatic N) is 1. The molecule has 1 aromatic rings. The Labute approximate surface area is 75.7 Å². The van der Waals surface area contributed by atoms with Crippen LogP contribution in [0.5, 0.6) is 0 Å². The maximum Gasteiger partial charge on any atom is 0.129 e. The van der Waals surface area contributed by atoms with Gasteiger partial charge in [0, 0.05) is 5.88 Å². The maximum absolute atomic E-state index is 5.65. The molecule has 58 valence electrons. The second kappa shape index (κ2) is 4.37. The molecule has 0 bridgehead atoms. The fraction of sp³-hybridized carbons (Fsp3) is 0.125. The van der Waals surface area contributed by atoms with Crippen LogP contribution in [0.4, 0.5) is 0 Å². The molecule has 1 aromatic heterocycles. The van der Waals surface area contributed by atoms with E-state index >= 15 is 0 Å². The Balaban J connectivity index is 2.79. The molecule has 0 radical (unpaired) electrons. The van der Waals surface area contributed by atoms with Crippen LogP contribution in [0.3, 0.4) is 0 Å². The standard InChI is InChI=1S/C8H7Cl2N/c9-6-2-4-7-3-1-5-8(10)11-7/h1-5H,6H2. The van der Waals surface area contributed by atoms with Crippen molar-refractivity contribution >= 4 is 29.3 Å². The minimum Gasteiger partial charge on any atom is -0.237 e. The Hall–Kier alpha value is -0.530. The van der Waals surface area contributed by atoms with Crippen molar-refractivity contribution in [2.75, 3.05) is 5.88 Å². The Morgan fingerprint density at radius 1 is 1.45 bits per heavy atom. The summed E-state index contributed by atoms with van der Waals surface area (Å²) in [6.45, 7) is 0. The monoisotopic (exact) mass is 187 g/mol. The van der Waals surface area contributed by atoms with Crippen molar-refractivity contribution in [3.63, 3.8) is 0 Å². The Kier molecular flexibility index (Phi) is 3.40. The first-order chi connectivity index (χ1) is 5.33. The summed E-state index contributed by atoms with van der Waals surface area (Å²) < 4.78 is 0. The molecule has 1 nitrogen and oxygen atoms in total. The van der Waals surface area contributed by atoms with Crippen molar-refractivity contribution in [3.8, 4) is 0 Å². The van der Waals surface area contributed by atoms with Gasteiger partial charge in [0.25, 0.3) is 0 Å². The predicted molar refractivity (Wildman–Crippen MR) is 49.0 cm³/mol. The molecule has 0 aromatic carbocycles. The predicted octanol–water partition coefficient (Wildman–Crippen LogP) is 2.99. The fourth-order valence-corrected chi connectivity index (χ4v) is 0.941. The van der Waals surface area contributed by atoms with E-state index in [0.29, 0.717) is 11.0 Å². The summed E-state index contributed by atoms with van der Waals surface area (Å²) in [7, 11) is 0. The highest BCUT2D eigenvalue weighted by molar-refractivity contribution is 6.29. The van der Waals surface area contributed by atoms with Gasteiger partial charge in [-0.2, -0.15) is 0 Å². The van der Waals surface area contributed by atoms with Crippen molar-refractivity contribution in [3.05, 3.63) is 35.1 Å². The van der Waals surface area contributed by atoms with Gasteiger partial charge in [-0.1, -0.05) is 23.7 Å². The molecule has 0 unspecified atom stereocenters. The summed E-state index contributed by atoms with van der Waals surface area (Å²) in [5, 5.41) is 0.502. The van der Waals surface area contributed by atoms with E-state index in [2.05, 4.69) is 4.98 Å². The minimum atomic E-state index is 0.494. The highest BCUT2D eigenvalue weighted by Crippen LogP contribution is 2.06. The summed E-state index contributed by atoms with van der Waals surface area (Å²) in [6.07, 6.45) is 3.65. The molecule has 1 heterocycles. The van der Waals surface area contributed by atoms with Gasteiger partial charge in [0.05, 0.1) is 5.69 Å². The van der Waals surface area contributed by atoms with E-state index in [0.717, 1.165) is 5.69 Å². The zero-order chi connectivity index (χ0) is 8.10. The van der Waals surface area contributed by atoms with Crippen LogP contribution in [-0.2, 0) is 0 Å². The van der Waals surface area contributed by atoms with Crippen LogP contribution in [-0.4, -0.2) is 10.9 Å². The van der Waals surface area contributed by atoms with Crippen LogP contribution in [0.15, 0.2) is 24.3 Å². The lowest BCUT2D eigenvalue weighted by Gasteiger charge is -1.91. The molecule has 11 heavy (non-hydrogen) atoms. The fourth-order valence-electron chi connectivity index (χ4n) is 0.682. The molecule has 1 rings (SSSR count). The van der Waals surface area contributed by atoms with Crippen molar-refractivity contribution in [2.45, 2.75) is 0 Å². The smallest absolute Gasteiger partial charge is 0.129 e. The third kappa shape index (κ3) is 2.91. The molecular formula is C8H7Cl2N. The molecule has 0 aliphatic carbocycles. The SMILES string of the molecule is ClCC=Cc1cccc(Cl)n1. The number of pyridine rings is 1. The summed E-state index contributed by atoms with van der Waals surface area (Å²) in [5.74, 6) is 0.494. The van der Waals surface area contributed by atoms with E-state index in [1.54, 1.807) is 6.07 Å². The summed E-state index contributed by atoms with van der Waals surface area (Å²) in [5.41, 5.74) is 0.832. The Morgan fingerprint density at radius 3 is 2.91 bits per heavy atom. The second-order valence-electron chi connectivity index (χ2n) is 1.94. The zero-order valence-corrected chi connectivity index (χ0v) is 7.31. The molecule has 0 saturated heterocycles. The van der Waals surface area contributed by atoms with Gasteiger partial charge in [-0.25, -0.2) is 4.98 Å². The van der Waals surface area contributed by atoms with Crippen molar-refractivity contribution in [1.82, 2.24) is 4.98 Å². The number of hydrogen-bond donors (Lipinski definition) is 0. The number of aromatic nitrogens is 1. The highest BCUT2D eigenvalue weighted by Gasteiger charge is 1.88. The number of halogens is 2. The molecule has 0 spiro atoms. The number of hydrogen-bond acceptors (Lipinski definition) is 1. The molecular weight excluding hydrogens is 181 g/mol. The van der Waals surface area contributed by atoms with Gasteiger partial charge < -0.3 is 0 Å². The highest BCUT2D eigenvalue weighted by atomic mass is 35.5. The second-order valence-corrected chi connectivity index (χ2v) is 2.64. The van der Waals surface area contributed by atoms with Crippen LogP contribution in [0.2, 0.25) is 5.15 Å². The van der Waals surface area contributed by atoms with E-state index in [4.69, 9.17) is 23.2 Å². The first-order valence-corrected chi connectivity index (χ1v) is 4.09. The first kappa shape index (κ1) is 8.57. The minimum absolute atomic E-state index is 0.494. The molecule has 0 saturated carbocycles. The molecule has 0 atom stereocenters. The van der Waals surface area contributed by atoms with Crippen molar-refractivity contribution in [1.29, 1.82) is 0 Å². The van der Waals surface area contributed by atoms with Gasteiger partial charge in [0.2, 0.25) is 0 Å². The third-order valence-electron chi connectivity index (χ3n) is 1.11. The van der Waals surface area contributed by atoms with E-state index in [1.807, 2.05) is 24.3 Å². The van der Waals surface area contributed by atoms with Gasteiger partial charge in [-0.3, -0.25) is 0 Å². The van der Waals surface area contributed by atoms with Gasteiger partial charge in [0.1, 0.15) is 5.15 Å². The van der Waals surface area contributed by atoms with Crippen LogP contribution in [0, 0.1) is 0 Å². The van der Waals surface area contributed by atoms with Crippen molar-refractivity contribution in [2.24, 2.45) is 0 Å². The summed E-state index contributed by atoms with van der Waals surface area (Å²) >= 11 is 11.1. The van der Waals surface area contributed by atoms with Gasteiger partial charge in [0.15, 0.2) is 0 Å². The summed E-state index contributed by atoms with van der Waals surface area (Å²) in [6, 6.07) is 5.46. The largest absolute Gasteiger partial charge is 0.237 e. The average molecular weight is 188 g/mol. The number of alkyl halides is 1. The molecule has 0 aliphatic rings. The normalized spacial score (nSPS) is 10.7.